The highest BCUT2D eigenvalue weighted by Gasteiger charge is 2.29. The van der Waals surface area contributed by atoms with Crippen LogP contribution in [0.5, 0.6) is 0 Å². The first kappa shape index (κ1) is 24.9. The molecule has 0 aliphatic heterocycles. The lowest BCUT2D eigenvalue weighted by molar-refractivity contribution is -0.148. The average Bonchev–Trinajstić information content (AvgIpc) is 2.86. The fourth-order valence-electron chi connectivity index (χ4n) is 3.45. The molecule has 0 bridgehead atoms. The number of hydrogen-bond donors (Lipinski definition) is 0. The van der Waals surface area contributed by atoms with E-state index in [0.29, 0.717) is 17.0 Å². The van der Waals surface area contributed by atoms with Gasteiger partial charge in [-0.25, -0.2) is 14.4 Å². The molecule has 0 amide bonds. The number of aryl methyl sites for hydroxylation is 1. The summed E-state index contributed by atoms with van der Waals surface area (Å²) < 4.78 is 10.6. The van der Waals surface area contributed by atoms with Crippen molar-refractivity contribution in [2.24, 2.45) is 0 Å². The zero-order chi connectivity index (χ0) is 24.5. The summed E-state index contributed by atoms with van der Waals surface area (Å²) in [5.74, 6) is -2.09. The summed E-state index contributed by atoms with van der Waals surface area (Å²) in [6.45, 7) is 6.22. The molecule has 0 aliphatic rings. The molecule has 1 atom stereocenters. The first-order valence-corrected chi connectivity index (χ1v) is 11.6. The van der Waals surface area contributed by atoms with Gasteiger partial charge in [-0.15, -0.1) is 0 Å². The smallest absolute Gasteiger partial charge is 0.360 e. The number of unbranched alkanes of at least 4 members (excludes halogenated alkanes) is 1. The Balaban J connectivity index is 1.74. The number of rotatable bonds is 9. The van der Waals surface area contributed by atoms with E-state index in [4.69, 9.17) is 9.47 Å². The van der Waals surface area contributed by atoms with Crippen LogP contribution in [0.15, 0.2) is 78.9 Å². The third-order valence-electron chi connectivity index (χ3n) is 5.56. The lowest BCUT2D eigenvalue weighted by Crippen LogP contribution is -2.24. The number of ether oxygens (including phenoxy) is 2. The highest BCUT2D eigenvalue weighted by atomic mass is 16.6. The van der Waals surface area contributed by atoms with Crippen LogP contribution >= 0.6 is 0 Å². The van der Waals surface area contributed by atoms with E-state index in [1.807, 2.05) is 24.3 Å². The maximum absolute atomic E-state index is 12.9. The molecule has 34 heavy (non-hydrogen) atoms. The van der Waals surface area contributed by atoms with Gasteiger partial charge in [0, 0.05) is 5.56 Å². The lowest BCUT2D eigenvalue weighted by Gasteiger charge is -2.17. The van der Waals surface area contributed by atoms with Crippen molar-refractivity contribution < 1.29 is 23.9 Å². The van der Waals surface area contributed by atoms with Gasteiger partial charge in [0.05, 0.1) is 11.1 Å². The summed E-state index contributed by atoms with van der Waals surface area (Å²) >= 11 is 0. The van der Waals surface area contributed by atoms with Crippen LogP contribution in [-0.4, -0.2) is 17.9 Å². The monoisotopic (exact) mass is 458 g/mol. The topological polar surface area (TPSA) is 69.7 Å². The fraction of sp³-hybridized carbons (Fsp3) is 0.276. The lowest BCUT2D eigenvalue weighted by atomic mass is 10.0. The summed E-state index contributed by atoms with van der Waals surface area (Å²) in [5.41, 5.74) is 3.19. The van der Waals surface area contributed by atoms with Crippen LogP contribution in [0.1, 0.15) is 83.0 Å². The van der Waals surface area contributed by atoms with E-state index in [1.165, 1.54) is 0 Å². The second-order valence-electron chi connectivity index (χ2n) is 8.48. The van der Waals surface area contributed by atoms with E-state index in [1.54, 1.807) is 54.6 Å². The Kier molecular flexibility index (Phi) is 8.74. The molecule has 0 saturated carbocycles. The van der Waals surface area contributed by atoms with Gasteiger partial charge >= 0.3 is 17.9 Å². The average molecular weight is 459 g/mol. The number of esters is 3. The van der Waals surface area contributed by atoms with Gasteiger partial charge in [-0.2, -0.15) is 0 Å². The molecule has 0 fully saturated rings. The summed E-state index contributed by atoms with van der Waals surface area (Å²) in [7, 11) is 0. The molecule has 0 N–H and O–H groups in total. The van der Waals surface area contributed by atoms with Crippen LogP contribution in [0, 0.1) is 0 Å². The first-order valence-electron chi connectivity index (χ1n) is 11.6. The van der Waals surface area contributed by atoms with Crippen LogP contribution in [0.3, 0.4) is 0 Å². The minimum absolute atomic E-state index is 0.249. The van der Waals surface area contributed by atoms with Gasteiger partial charge in [-0.1, -0.05) is 81.8 Å². The molecule has 0 aromatic heterocycles. The van der Waals surface area contributed by atoms with Crippen LogP contribution < -0.4 is 0 Å². The number of carbonyl (C=O) groups excluding carboxylic acids is 3. The predicted octanol–water partition coefficient (Wildman–Crippen LogP) is 6.43. The van der Waals surface area contributed by atoms with Gasteiger partial charge in [0.25, 0.3) is 0 Å². The number of carbonyl (C=O) groups is 3. The highest BCUT2D eigenvalue weighted by molar-refractivity contribution is 5.99. The Bertz CT molecular complexity index is 1100. The zero-order valence-corrected chi connectivity index (χ0v) is 19.8. The normalized spacial score (nSPS) is 11.6. The van der Waals surface area contributed by atoms with Crippen molar-refractivity contribution in [3.8, 4) is 0 Å². The Labute approximate surface area is 200 Å². The molecule has 176 valence electrons. The molecule has 0 saturated heterocycles. The minimum atomic E-state index is -1.37. The minimum Gasteiger partial charge on any atom is -0.442 e. The van der Waals surface area contributed by atoms with E-state index in [2.05, 4.69) is 20.8 Å². The van der Waals surface area contributed by atoms with Crippen molar-refractivity contribution in [2.45, 2.75) is 52.1 Å². The molecule has 0 heterocycles. The molecule has 1 unspecified atom stereocenters. The van der Waals surface area contributed by atoms with Gasteiger partial charge in [-0.3, -0.25) is 0 Å². The van der Waals surface area contributed by atoms with Gasteiger partial charge < -0.3 is 9.47 Å². The Hall–Kier alpha value is -3.73. The number of benzene rings is 3. The van der Waals surface area contributed by atoms with Crippen LogP contribution in [0.2, 0.25) is 0 Å². The van der Waals surface area contributed by atoms with Crippen molar-refractivity contribution >= 4 is 17.9 Å². The first-order chi connectivity index (χ1) is 16.4. The zero-order valence-electron chi connectivity index (χ0n) is 19.8. The van der Waals surface area contributed by atoms with E-state index >= 15 is 0 Å². The van der Waals surface area contributed by atoms with Crippen LogP contribution in [0.4, 0.5) is 0 Å². The molecule has 5 heteroatoms. The van der Waals surface area contributed by atoms with Gasteiger partial charge in [0.15, 0.2) is 0 Å². The second-order valence-corrected chi connectivity index (χ2v) is 8.48. The molecule has 5 nitrogen and oxygen atoms in total. The molecule has 0 spiro atoms. The molecule has 3 aromatic rings. The van der Waals surface area contributed by atoms with E-state index in [-0.39, 0.29) is 5.56 Å². The summed E-state index contributed by atoms with van der Waals surface area (Å²) in [6.07, 6.45) is 1.73. The van der Waals surface area contributed by atoms with Gasteiger partial charge in [-0.05, 0) is 54.2 Å². The Morgan fingerprint density at radius 1 is 0.735 bits per heavy atom. The largest absolute Gasteiger partial charge is 0.442 e. The van der Waals surface area contributed by atoms with Crippen molar-refractivity contribution in [2.75, 3.05) is 0 Å². The molecule has 0 radical (unpaired) electrons. The molecule has 3 aromatic carbocycles. The highest BCUT2D eigenvalue weighted by Crippen LogP contribution is 2.23. The number of hydrogen-bond acceptors (Lipinski definition) is 5. The summed E-state index contributed by atoms with van der Waals surface area (Å²) in [6, 6.07) is 22.5. The molecular weight excluding hydrogens is 428 g/mol. The predicted molar refractivity (Wildman–Crippen MR) is 131 cm³/mol. The van der Waals surface area contributed by atoms with E-state index in [0.717, 1.165) is 30.4 Å². The maximum atomic E-state index is 12.9. The molecule has 3 rings (SSSR count). The summed E-state index contributed by atoms with van der Waals surface area (Å²) in [5, 5.41) is 0. The van der Waals surface area contributed by atoms with Crippen molar-refractivity contribution in [3.63, 3.8) is 0 Å². The van der Waals surface area contributed by atoms with E-state index < -0.39 is 24.0 Å². The van der Waals surface area contributed by atoms with Crippen molar-refractivity contribution in [1.82, 2.24) is 0 Å². The molecule has 0 aliphatic carbocycles. The summed E-state index contributed by atoms with van der Waals surface area (Å²) in [4.78, 5) is 38.3. The van der Waals surface area contributed by atoms with Gasteiger partial charge in [0.2, 0.25) is 6.10 Å². The maximum Gasteiger partial charge on any atom is 0.360 e. The molecular formula is C29H30O5. The van der Waals surface area contributed by atoms with Gasteiger partial charge in [0.1, 0.15) is 0 Å². The second kappa shape index (κ2) is 11.9. The Morgan fingerprint density at radius 2 is 1.32 bits per heavy atom. The van der Waals surface area contributed by atoms with Crippen molar-refractivity contribution in [3.05, 3.63) is 107 Å². The van der Waals surface area contributed by atoms with Crippen molar-refractivity contribution in [1.29, 1.82) is 0 Å². The van der Waals surface area contributed by atoms with E-state index in [9.17, 15) is 14.4 Å². The third kappa shape index (κ3) is 6.64. The Morgan fingerprint density at radius 3 is 1.91 bits per heavy atom. The third-order valence-corrected chi connectivity index (χ3v) is 5.56. The van der Waals surface area contributed by atoms with Crippen LogP contribution in [-0.2, 0) is 20.7 Å². The quantitative estimate of drug-likeness (QED) is 0.273. The SMILES string of the molecule is CCCCc1ccc(C(=O)OC(C(=O)OC(=O)c2ccc(C(C)C)cc2)c2ccccc2)cc1. The fourth-order valence-corrected chi connectivity index (χ4v) is 3.45. The van der Waals surface area contributed by atoms with Crippen LogP contribution in [0.25, 0.3) is 0 Å². The standard InChI is InChI=1S/C29H30O5/c1-4-5-9-21-12-14-24(15-13-21)27(30)33-26(23-10-7-6-8-11-23)29(32)34-28(31)25-18-16-22(17-19-25)20(2)3/h6-8,10-20,26H,4-5,9H2,1-3H3.